The number of nitrogens with zero attached hydrogens (tertiary/aromatic N) is 2. The smallest absolute Gasteiger partial charge is 0.273 e. The molecule has 0 aliphatic carbocycles. The van der Waals surface area contributed by atoms with Crippen molar-refractivity contribution in [2.45, 2.75) is 0 Å². The third-order valence-electron chi connectivity index (χ3n) is 3.04. The van der Waals surface area contributed by atoms with E-state index in [0.717, 1.165) is 16.6 Å². The molecule has 1 aromatic heterocycles. The highest BCUT2D eigenvalue weighted by atomic mass is 16.6. The highest BCUT2D eigenvalue weighted by molar-refractivity contribution is 5.83. The fourth-order valence-electron chi connectivity index (χ4n) is 2.13. The lowest BCUT2D eigenvalue weighted by Crippen LogP contribution is -1.96. The summed E-state index contributed by atoms with van der Waals surface area (Å²) >= 11 is 0. The van der Waals surface area contributed by atoms with E-state index in [1.165, 1.54) is 12.1 Å². The zero-order chi connectivity index (χ0) is 14.8. The Morgan fingerprint density at radius 3 is 2.76 bits per heavy atom. The molecular formula is C15H12N4O2. The van der Waals surface area contributed by atoms with E-state index >= 15 is 0 Å². The van der Waals surface area contributed by atoms with E-state index in [2.05, 4.69) is 10.3 Å². The van der Waals surface area contributed by atoms with Crippen molar-refractivity contribution in [3.63, 3.8) is 0 Å². The highest BCUT2D eigenvalue weighted by Gasteiger charge is 2.08. The molecule has 3 N–H and O–H groups in total. The SMILES string of the molecule is Nc1cc(Nc2ccc3ncccc3c2)cc([N+](=O)[O-])c1. The third-order valence-corrected chi connectivity index (χ3v) is 3.04. The summed E-state index contributed by atoms with van der Waals surface area (Å²) in [6, 6.07) is 13.9. The molecule has 3 aromatic rings. The zero-order valence-electron chi connectivity index (χ0n) is 11.0. The van der Waals surface area contributed by atoms with E-state index in [4.69, 9.17) is 5.73 Å². The molecule has 2 aromatic carbocycles. The highest BCUT2D eigenvalue weighted by Crippen LogP contribution is 2.26. The molecule has 0 saturated heterocycles. The van der Waals surface area contributed by atoms with Crippen LogP contribution in [0.1, 0.15) is 0 Å². The number of rotatable bonds is 3. The second-order valence-corrected chi connectivity index (χ2v) is 4.61. The minimum atomic E-state index is -0.466. The van der Waals surface area contributed by atoms with Gasteiger partial charge < -0.3 is 11.1 Å². The van der Waals surface area contributed by atoms with Gasteiger partial charge in [0, 0.05) is 40.8 Å². The number of nitrogen functional groups attached to an aromatic ring is 1. The second kappa shape index (κ2) is 5.09. The zero-order valence-corrected chi connectivity index (χ0v) is 11.0. The molecule has 0 aliphatic heterocycles. The Labute approximate surface area is 120 Å². The quantitative estimate of drug-likeness (QED) is 0.435. The van der Waals surface area contributed by atoms with Crippen LogP contribution in [0.3, 0.4) is 0 Å². The molecule has 104 valence electrons. The average molecular weight is 280 g/mol. The predicted octanol–water partition coefficient (Wildman–Crippen LogP) is 3.47. The molecule has 0 atom stereocenters. The Morgan fingerprint density at radius 2 is 1.95 bits per heavy atom. The van der Waals surface area contributed by atoms with E-state index in [-0.39, 0.29) is 5.69 Å². The number of anilines is 3. The maximum Gasteiger partial charge on any atom is 0.273 e. The molecule has 0 fully saturated rings. The van der Waals surface area contributed by atoms with E-state index in [0.29, 0.717) is 11.4 Å². The number of nitrogens with two attached hydrogens (primary N) is 1. The molecule has 6 heteroatoms. The van der Waals surface area contributed by atoms with Crippen molar-refractivity contribution in [2.24, 2.45) is 0 Å². The number of hydrogen-bond acceptors (Lipinski definition) is 5. The molecule has 0 radical (unpaired) electrons. The summed E-state index contributed by atoms with van der Waals surface area (Å²) in [5.41, 5.74) is 8.27. The molecule has 0 saturated carbocycles. The monoisotopic (exact) mass is 280 g/mol. The van der Waals surface area contributed by atoms with Gasteiger partial charge in [0.15, 0.2) is 0 Å². The lowest BCUT2D eigenvalue weighted by Gasteiger charge is -2.08. The molecule has 3 rings (SSSR count). The van der Waals surface area contributed by atoms with E-state index < -0.39 is 4.92 Å². The summed E-state index contributed by atoms with van der Waals surface area (Å²) in [5.74, 6) is 0. The van der Waals surface area contributed by atoms with Gasteiger partial charge in [-0.25, -0.2) is 0 Å². The number of pyridine rings is 1. The van der Waals surface area contributed by atoms with Crippen LogP contribution in [-0.4, -0.2) is 9.91 Å². The van der Waals surface area contributed by atoms with Gasteiger partial charge in [0.1, 0.15) is 0 Å². The van der Waals surface area contributed by atoms with Gasteiger partial charge >= 0.3 is 0 Å². The molecule has 1 heterocycles. The van der Waals surface area contributed by atoms with Gasteiger partial charge in [0.25, 0.3) is 5.69 Å². The van der Waals surface area contributed by atoms with Crippen molar-refractivity contribution in [3.8, 4) is 0 Å². The number of nitro benzene ring substituents is 1. The van der Waals surface area contributed by atoms with Crippen molar-refractivity contribution in [3.05, 3.63) is 64.8 Å². The maximum atomic E-state index is 10.8. The van der Waals surface area contributed by atoms with Crippen LogP contribution in [0.15, 0.2) is 54.7 Å². The first-order valence-electron chi connectivity index (χ1n) is 6.28. The molecule has 0 spiro atoms. The number of nitrogens with one attached hydrogen (secondary N) is 1. The number of fused-ring (bicyclic) bond motifs is 1. The Kier molecular flexibility index (Phi) is 3.12. The summed E-state index contributed by atoms with van der Waals surface area (Å²) in [5, 5.41) is 15.0. The molecule has 0 unspecified atom stereocenters. The summed E-state index contributed by atoms with van der Waals surface area (Å²) in [4.78, 5) is 14.6. The van der Waals surface area contributed by atoms with Crippen molar-refractivity contribution >= 4 is 33.7 Å². The number of benzene rings is 2. The molecule has 0 amide bonds. The minimum absolute atomic E-state index is 0.0417. The Balaban J connectivity index is 1.96. The summed E-state index contributed by atoms with van der Waals surface area (Å²) < 4.78 is 0. The summed E-state index contributed by atoms with van der Waals surface area (Å²) in [6.07, 6.45) is 1.73. The van der Waals surface area contributed by atoms with Crippen LogP contribution in [0, 0.1) is 10.1 Å². The topological polar surface area (TPSA) is 94.1 Å². The fraction of sp³-hybridized carbons (Fsp3) is 0. The van der Waals surface area contributed by atoms with E-state index in [1.807, 2.05) is 30.3 Å². The summed E-state index contributed by atoms with van der Waals surface area (Å²) in [7, 11) is 0. The first kappa shape index (κ1) is 12.9. The Morgan fingerprint density at radius 1 is 1.10 bits per heavy atom. The van der Waals surface area contributed by atoms with Crippen LogP contribution < -0.4 is 11.1 Å². The molecule has 6 nitrogen and oxygen atoms in total. The van der Waals surface area contributed by atoms with Gasteiger partial charge in [-0.2, -0.15) is 0 Å². The third kappa shape index (κ3) is 2.74. The van der Waals surface area contributed by atoms with Gasteiger partial charge in [-0.15, -0.1) is 0 Å². The van der Waals surface area contributed by atoms with Crippen LogP contribution >= 0.6 is 0 Å². The van der Waals surface area contributed by atoms with Crippen molar-refractivity contribution in [1.29, 1.82) is 0 Å². The minimum Gasteiger partial charge on any atom is -0.398 e. The molecule has 0 bridgehead atoms. The second-order valence-electron chi connectivity index (χ2n) is 4.61. The van der Waals surface area contributed by atoms with Gasteiger partial charge in [-0.3, -0.25) is 15.1 Å². The lowest BCUT2D eigenvalue weighted by molar-refractivity contribution is -0.384. The molecule has 21 heavy (non-hydrogen) atoms. The summed E-state index contributed by atoms with van der Waals surface area (Å²) in [6.45, 7) is 0. The van der Waals surface area contributed by atoms with Gasteiger partial charge in [0.2, 0.25) is 0 Å². The van der Waals surface area contributed by atoms with Gasteiger partial charge in [0.05, 0.1) is 10.4 Å². The first-order valence-corrected chi connectivity index (χ1v) is 6.28. The Bertz CT molecular complexity index is 833. The molecular weight excluding hydrogens is 268 g/mol. The van der Waals surface area contributed by atoms with Gasteiger partial charge in [-0.1, -0.05) is 6.07 Å². The number of non-ortho nitro benzene ring substituents is 1. The molecule has 0 aliphatic rings. The Hall–Kier alpha value is -3.15. The first-order chi connectivity index (χ1) is 10.1. The van der Waals surface area contributed by atoms with E-state index in [1.54, 1.807) is 12.3 Å². The lowest BCUT2D eigenvalue weighted by atomic mass is 10.2. The standard InChI is InChI=1S/C15H12N4O2/c16-11-7-13(9-14(8-11)19(20)21)18-12-3-4-15-10(6-12)2-1-5-17-15/h1-9,18H,16H2. The van der Waals surface area contributed by atoms with Gasteiger partial charge in [-0.05, 0) is 30.3 Å². The van der Waals surface area contributed by atoms with Crippen LogP contribution in [0.25, 0.3) is 10.9 Å². The number of hydrogen-bond donors (Lipinski definition) is 2. The normalized spacial score (nSPS) is 10.5. The van der Waals surface area contributed by atoms with Crippen LogP contribution in [0.2, 0.25) is 0 Å². The number of aromatic nitrogens is 1. The largest absolute Gasteiger partial charge is 0.398 e. The van der Waals surface area contributed by atoms with Crippen molar-refractivity contribution < 1.29 is 4.92 Å². The fourth-order valence-corrected chi connectivity index (χ4v) is 2.13. The van der Waals surface area contributed by atoms with Crippen LogP contribution in [-0.2, 0) is 0 Å². The predicted molar refractivity (Wildman–Crippen MR) is 82.5 cm³/mol. The van der Waals surface area contributed by atoms with Crippen LogP contribution in [0.5, 0.6) is 0 Å². The maximum absolute atomic E-state index is 10.8. The average Bonchev–Trinajstić information content (AvgIpc) is 2.46. The number of nitro groups is 1. The van der Waals surface area contributed by atoms with Crippen LogP contribution in [0.4, 0.5) is 22.7 Å². The van der Waals surface area contributed by atoms with E-state index in [9.17, 15) is 10.1 Å². The van der Waals surface area contributed by atoms with Crippen molar-refractivity contribution in [2.75, 3.05) is 11.1 Å². The van der Waals surface area contributed by atoms with Crippen molar-refractivity contribution in [1.82, 2.24) is 4.98 Å².